The number of aromatic nitrogens is 3. The predicted molar refractivity (Wildman–Crippen MR) is 154 cm³/mol. The number of carbonyl (C=O) groups excluding carboxylic acids is 1. The van der Waals surface area contributed by atoms with Crippen LogP contribution in [-0.2, 0) is 19.7 Å². The number of rotatable bonds is 7. The number of nitrogens with zero attached hydrogens (tertiary/aromatic N) is 3. The van der Waals surface area contributed by atoms with Gasteiger partial charge in [-0.15, -0.1) is 6.58 Å². The minimum Gasteiger partial charge on any atom is -0.374 e. The summed E-state index contributed by atoms with van der Waals surface area (Å²) >= 11 is 6.28. The number of hydrogen-bond donors (Lipinski definition) is 2. The van der Waals surface area contributed by atoms with E-state index in [9.17, 15) is 14.7 Å². The number of aliphatic hydroxyl groups is 1. The van der Waals surface area contributed by atoms with E-state index < -0.39 is 5.60 Å². The fourth-order valence-corrected chi connectivity index (χ4v) is 5.07. The van der Waals surface area contributed by atoms with Crippen LogP contribution in [0.15, 0.2) is 103 Å². The summed E-state index contributed by atoms with van der Waals surface area (Å²) in [6, 6.07) is 21.3. The van der Waals surface area contributed by atoms with Gasteiger partial charge in [-0.2, -0.15) is 0 Å². The highest BCUT2D eigenvalue weighted by Crippen LogP contribution is 2.39. The Balaban J connectivity index is 1.73. The van der Waals surface area contributed by atoms with Crippen LogP contribution in [0, 0.1) is 0 Å². The van der Waals surface area contributed by atoms with Crippen LogP contribution in [-0.4, -0.2) is 31.7 Å². The molecule has 0 spiro atoms. The van der Waals surface area contributed by atoms with Crippen molar-refractivity contribution in [1.29, 1.82) is 0 Å². The van der Waals surface area contributed by atoms with E-state index in [0.29, 0.717) is 45.0 Å². The van der Waals surface area contributed by atoms with Crippen molar-refractivity contribution in [2.45, 2.75) is 5.60 Å². The van der Waals surface area contributed by atoms with Gasteiger partial charge in [0, 0.05) is 42.7 Å². The highest BCUT2D eigenvalue weighted by Gasteiger charge is 2.37. The van der Waals surface area contributed by atoms with Crippen LogP contribution in [0.4, 0.5) is 0 Å². The zero-order valence-corrected chi connectivity index (χ0v) is 22.3. The first-order chi connectivity index (χ1) is 18.7. The molecular weight excluding hydrogens is 512 g/mol. The molecule has 8 heteroatoms. The standard InChI is InChI=1S/C31H27ClN4O3/c1-4-14-34-30(38)20-8-10-22(11-9-20)31(39,28-18-33-19-35(28)2)23-12-13-27-26(16-23)25(17-29(37)36(27)3)21-6-5-7-24(32)15-21/h4-13,15-19,39H,1,14H2,2-3H3,(H,34,38). The van der Waals surface area contributed by atoms with Crippen molar-refractivity contribution >= 4 is 28.4 Å². The average molecular weight is 539 g/mol. The predicted octanol–water partition coefficient (Wildman–Crippen LogP) is 4.79. The molecule has 0 aliphatic rings. The minimum absolute atomic E-state index is 0.155. The van der Waals surface area contributed by atoms with Crippen molar-refractivity contribution in [2.75, 3.05) is 6.54 Å². The molecule has 0 fully saturated rings. The molecule has 5 rings (SSSR count). The quantitative estimate of drug-likeness (QED) is 0.292. The van der Waals surface area contributed by atoms with Gasteiger partial charge in [0.2, 0.25) is 0 Å². The molecule has 5 aromatic rings. The molecule has 1 amide bonds. The van der Waals surface area contributed by atoms with Crippen LogP contribution >= 0.6 is 11.6 Å². The molecule has 0 aliphatic heterocycles. The fraction of sp³-hybridized carbons (Fsp3) is 0.129. The highest BCUT2D eigenvalue weighted by atomic mass is 35.5. The minimum atomic E-state index is -1.62. The van der Waals surface area contributed by atoms with Gasteiger partial charge in [0.15, 0.2) is 5.60 Å². The van der Waals surface area contributed by atoms with E-state index in [4.69, 9.17) is 11.6 Å². The molecule has 2 heterocycles. The number of hydrogen-bond acceptors (Lipinski definition) is 4. The molecule has 0 aliphatic carbocycles. The van der Waals surface area contributed by atoms with Gasteiger partial charge in [-0.3, -0.25) is 9.59 Å². The van der Waals surface area contributed by atoms with E-state index in [1.165, 1.54) is 0 Å². The van der Waals surface area contributed by atoms with Crippen LogP contribution in [0.3, 0.4) is 0 Å². The number of imidazole rings is 1. The Bertz CT molecular complexity index is 1770. The van der Waals surface area contributed by atoms with E-state index in [1.807, 2.05) is 37.4 Å². The molecule has 1 atom stereocenters. The molecule has 0 bridgehead atoms. The van der Waals surface area contributed by atoms with Crippen LogP contribution in [0.25, 0.3) is 22.0 Å². The Kier molecular flexibility index (Phi) is 6.95. The Morgan fingerprint density at radius 1 is 1.08 bits per heavy atom. The Morgan fingerprint density at radius 2 is 1.82 bits per heavy atom. The van der Waals surface area contributed by atoms with Crippen molar-refractivity contribution in [2.24, 2.45) is 14.1 Å². The van der Waals surface area contributed by atoms with Gasteiger partial charge in [0.25, 0.3) is 11.5 Å². The molecule has 39 heavy (non-hydrogen) atoms. The van der Waals surface area contributed by atoms with Crippen LogP contribution in [0.5, 0.6) is 0 Å². The summed E-state index contributed by atoms with van der Waals surface area (Å²) in [7, 11) is 3.53. The van der Waals surface area contributed by atoms with Gasteiger partial charge in [-0.1, -0.05) is 48.0 Å². The SMILES string of the molecule is C=CCNC(=O)c1ccc(C(O)(c2ccc3c(c2)c(-c2cccc(Cl)c2)cc(=O)n3C)c2cncn2C)cc1. The summed E-state index contributed by atoms with van der Waals surface area (Å²) in [4.78, 5) is 29.5. The van der Waals surface area contributed by atoms with Gasteiger partial charge >= 0.3 is 0 Å². The van der Waals surface area contributed by atoms with Gasteiger partial charge in [-0.05, 0) is 58.7 Å². The number of fused-ring (bicyclic) bond motifs is 1. The monoisotopic (exact) mass is 538 g/mol. The molecule has 0 saturated carbocycles. The van der Waals surface area contributed by atoms with Crippen molar-refractivity contribution < 1.29 is 9.90 Å². The van der Waals surface area contributed by atoms with E-state index in [0.717, 1.165) is 10.9 Å². The van der Waals surface area contributed by atoms with Gasteiger partial charge in [0.05, 0.1) is 23.7 Å². The molecule has 1 unspecified atom stereocenters. The fourth-order valence-electron chi connectivity index (χ4n) is 4.88. The summed E-state index contributed by atoms with van der Waals surface area (Å²) < 4.78 is 3.33. The molecule has 0 radical (unpaired) electrons. The number of nitrogens with one attached hydrogen (secondary N) is 1. The van der Waals surface area contributed by atoms with Crippen molar-refractivity contribution in [1.82, 2.24) is 19.4 Å². The summed E-state index contributed by atoms with van der Waals surface area (Å²) in [5.74, 6) is -0.233. The summed E-state index contributed by atoms with van der Waals surface area (Å²) in [6.07, 6.45) is 4.85. The molecule has 7 nitrogen and oxygen atoms in total. The van der Waals surface area contributed by atoms with E-state index in [2.05, 4.69) is 16.9 Å². The number of aryl methyl sites for hydroxylation is 2. The Morgan fingerprint density at radius 3 is 2.49 bits per heavy atom. The maximum atomic E-state index is 12.8. The number of amides is 1. The summed E-state index contributed by atoms with van der Waals surface area (Å²) in [6.45, 7) is 3.98. The average Bonchev–Trinajstić information content (AvgIpc) is 3.39. The van der Waals surface area contributed by atoms with Gasteiger partial charge in [-0.25, -0.2) is 4.98 Å². The largest absolute Gasteiger partial charge is 0.374 e. The molecule has 2 N–H and O–H groups in total. The van der Waals surface area contributed by atoms with Crippen molar-refractivity contribution in [3.8, 4) is 11.1 Å². The number of pyridine rings is 1. The normalized spacial score (nSPS) is 12.7. The smallest absolute Gasteiger partial charge is 0.251 e. The molecule has 196 valence electrons. The lowest BCUT2D eigenvalue weighted by molar-refractivity contribution is 0.0957. The maximum Gasteiger partial charge on any atom is 0.251 e. The first-order valence-corrected chi connectivity index (χ1v) is 12.7. The van der Waals surface area contributed by atoms with Crippen LogP contribution in [0.2, 0.25) is 5.02 Å². The third-order valence-corrected chi connectivity index (χ3v) is 7.19. The zero-order valence-electron chi connectivity index (χ0n) is 21.6. The van der Waals surface area contributed by atoms with Gasteiger partial charge in [0.1, 0.15) is 0 Å². The lowest BCUT2D eigenvalue weighted by Crippen LogP contribution is -2.31. The summed E-state index contributed by atoms with van der Waals surface area (Å²) in [5, 5.41) is 16.6. The molecule has 0 saturated heterocycles. The lowest BCUT2D eigenvalue weighted by atomic mass is 9.82. The number of halogens is 1. The van der Waals surface area contributed by atoms with E-state index in [-0.39, 0.29) is 11.5 Å². The maximum absolute atomic E-state index is 12.8. The second kappa shape index (κ2) is 10.4. The molecule has 3 aromatic carbocycles. The molecule has 2 aromatic heterocycles. The van der Waals surface area contributed by atoms with E-state index >= 15 is 0 Å². The van der Waals surface area contributed by atoms with E-state index in [1.54, 1.807) is 77.2 Å². The molecular formula is C31H27ClN4O3. The van der Waals surface area contributed by atoms with Crippen LogP contribution < -0.4 is 10.9 Å². The van der Waals surface area contributed by atoms with Crippen LogP contribution in [0.1, 0.15) is 27.2 Å². The second-order valence-electron chi connectivity index (χ2n) is 9.37. The highest BCUT2D eigenvalue weighted by molar-refractivity contribution is 6.30. The second-order valence-corrected chi connectivity index (χ2v) is 9.81. The van der Waals surface area contributed by atoms with Crippen molar-refractivity contribution in [3.05, 3.63) is 136 Å². The number of benzene rings is 3. The first-order valence-electron chi connectivity index (χ1n) is 12.3. The topological polar surface area (TPSA) is 89.2 Å². The third kappa shape index (κ3) is 4.67. The Hall–Kier alpha value is -4.46. The van der Waals surface area contributed by atoms with Crippen molar-refractivity contribution in [3.63, 3.8) is 0 Å². The Labute approximate surface area is 230 Å². The van der Waals surface area contributed by atoms with Gasteiger partial charge < -0.3 is 19.6 Å². The lowest BCUT2D eigenvalue weighted by Gasteiger charge is -2.30. The number of carbonyl (C=O) groups is 1. The zero-order chi connectivity index (χ0) is 27.7. The third-order valence-electron chi connectivity index (χ3n) is 6.96. The summed E-state index contributed by atoms with van der Waals surface area (Å²) in [5.41, 5.74) is 2.57. The first kappa shape index (κ1) is 26.2.